The molecule has 1 saturated heterocycles. The molecule has 0 bridgehead atoms. The third kappa shape index (κ3) is 4.81. The molecule has 1 N–H and O–H groups in total. The number of amides is 3. The Balaban J connectivity index is 1.37. The number of ether oxygens (including phenoxy) is 1. The molecule has 0 radical (unpaired) electrons. The minimum atomic E-state index is -0.687. The number of hydrogen-bond acceptors (Lipinski definition) is 5. The number of imide groups is 1. The summed E-state index contributed by atoms with van der Waals surface area (Å²) in [6.07, 6.45) is 1.47. The first-order valence-corrected chi connectivity index (χ1v) is 12.0. The van der Waals surface area contributed by atoms with Crippen molar-refractivity contribution in [3.63, 3.8) is 0 Å². The monoisotopic (exact) mass is 502 g/mol. The molecule has 4 atom stereocenters. The molecular formula is C25H24Cl2N2O5. The predicted molar refractivity (Wildman–Crippen MR) is 129 cm³/mol. The van der Waals surface area contributed by atoms with Crippen LogP contribution in [0.25, 0.3) is 0 Å². The number of para-hydroxylation sites is 1. The van der Waals surface area contributed by atoms with Gasteiger partial charge in [-0.2, -0.15) is 0 Å². The summed E-state index contributed by atoms with van der Waals surface area (Å²) >= 11 is 12.4. The van der Waals surface area contributed by atoms with Gasteiger partial charge in [-0.15, -0.1) is 23.2 Å². The molecule has 0 spiro atoms. The molecule has 4 rings (SSSR count). The fourth-order valence-electron chi connectivity index (χ4n) is 4.45. The third-order valence-corrected chi connectivity index (χ3v) is 7.37. The van der Waals surface area contributed by atoms with Crippen molar-refractivity contribution in [3.8, 4) is 0 Å². The summed E-state index contributed by atoms with van der Waals surface area (Å²) < 4.78 is 5.12. The van der Waals surface area contributed by atoms with Gasteiger partial charge in [-0.25, -0.2) is 4.79 Å². The molecule has 3 amide bonds. The van der Waals surface area contributed by atoms with Crippen LogP contribution in [0, 0.1) is 11.8 Å². The van der Waals surface area contributed by atoms with E-state index in [0.29, 0.717) is 24.2 Å². The lowest BCUT2D eigenvalue weighted by molar-refractivity contribution is -0.122. The van der Waals surface area contributed by atoms with Gasteiger partial charge in [-0.1, -0.05) is 25.1 Å². The lowest BCUT2D eigenvalue weighted by atomic mass is 9.80. The Hall–Kier alpha value is -2.90. The highest BCUT2D eigenvalue weighted by Crippen LogP contribution is 2.43. The Labute approximate surface area is 207 Å². The highest BCUT2D eigenvalue weighted by Gasteiger charge is 2.52. The van der Waals surface area contributed by atoms with Crippen molar-refractivity contribution in [3.05, 3.63) is 59.7 Å². The number of aryl methyl sites for hydroxylation is 1. The fraction of sp³-hybridized carbons (Fsp3) is 0.360. The Kier molecular flexibility index (Phi) is 7.24. The van der Waals surface area contributed by atoms with Crippen LogP contribution in [-0.4, -0.2) is 41.1 Å². The molecule has 0 aromatic heterocycles. The summed E-state index contributed by atoms with van der Waals surface area (Å²) in [6.45, 7) is 1.54. The first-order chi connectivity index (χ1) is 16.3. The van der Waals surface area contributed by atoms with Gasteiger partial charge in [0.1, 0.15) is 0 Å². The second-order valence-corrected chi connectivity index (χ2v) is 9.53. The normalized spacial score (nSPS) is 24.0. The first-order valence-electron chi connectivity index (χ1n) is 11.1. The number of nitrogens with zero attached hydrogens (tertiary/aromatic N) is 1. The van der Waals surface area contributed by atoms with Crippen molar-refractivity contribution in [2.24, 2.45) is 11.8 Å². The molecular weight excluding hydrogens is 479 g/mol. The molecule has 1 saturated carbocycles. The highest BCUT2D eigenvalue weighted by molar-refractivity contribution is 6.31. The van der Waals surface area contributed by atoms with E-state index >= 15 is 0 Å². The summed E-state index contributed by atoms with van der Waals surface area (Å²) in [4.78, 5) is 51.4. The van der Waals surface area contributed by atoms with Crippen LogP contribution >= 0.6 is 23.2 Å². The van der Waals surface area contributed by atoms with Crippen LogP contribution < -0.4 is 10.2 Å². The van der Waals surface area contributed by atoms with Crippen molar-refractivity contribution in [1.82, 2.24) is 0 Å². The molecule has 0 unspecified atom stereocenters. The number of halogens is 2. The number of nitrogens with one attached hydrogen (secondary N) is 1. The summed E-state index contributed by atoms with van der Waals surface area (Å²) in [5.74, 6) is -2.70. The van der Waals surface area contributed by atoms with Gasteiger partial charge in [-0.05, 0) is 55.2 Å². The van der Waals surface area contributed by atoms with E-state index in [9.17, 15) is 19.2 Å². The molecule has 2 aromatic carbocycles. The first kappa shape index (κ1) is 24.2. The highest BCUT2D eigenvalue weighted by atomic mass is 35.5. The summed E-state index contributed by atoms with van der Waals surface area (Å²) in [5, 5.41) is 2.02. The molecule has 2 aromatic rings. The fourth-order valence-corrected chi connectivity index (χ4v) is 5.04. The Morgan fingerprint density at radius 1 is 0.971 bits per heavy atom. The topological polar surface area (TPSA) is 92.8 Å². The number of carbonyl (C=O) groups is 4. The molecule has 2 fully saturated rings. The minimum absolute atomic E-state index is 0.198. The number of hydrogen-bond donors (Lipinski definition) is 1. The van der Waals surface area contributed by atoms with E-state index in [-0.39, 0.29) is 28.1 Å². The second-order valence-electron chi connectivity index (χ2n) is 8.41. The Morgan fingerprint density at radius 2 is 1.56 bits per heavy atom. The number of benzene rings is 2. The molecule has 2 aliphatic rings. The van der Waals surface area contributed by atoms with Gasteiger partial charge in [0.25, 0.3) is 5.91 Å². The standard InChI is InChI=1S/C25H24Cl2N2O5/c1-2-14-5-3-4-6-21(14)28-22(30)13-34-25(33)15-7-9-16(10-8-15)29-23(31)17-11-19(26)20(27)12-18(17)24(29)32/h3-10,17-20H,2,11-13H2,1H3,(H,28,30)/t17-,18+,19+,20-. The Morgan fingerprint density at radius 3 is 2.15 bits per heavy atom. The van der Waals surface area contributed by atoms with E-state index in [0.717, 1.165) is 16.9 Å². The van der Waals surface area contributed by atoms with E-state index in [1.54, 1.807) is 6.07 Å². The average molecular weight is 503 g/mol. The predicted octanol–water partition coefficient (Wildman–Crippen LogP) is 4.16. The maximum absolute atomic E-state index is 12.9. The summed E-state index contributed by atoms with van der Waals surface area (Å²) in [5.41, 5.74) is 2.22. The smallest absolute Gasteiger partial charge is 0.338 e. The van der Waals surface area contributed by atoms with Crippen molar-refractivity contribution in [2.45, 2.75) is 36.9 Å². The number of carbonyl (C=O) groups excluding carboxylic acids is 4. The largest absolute Gasteiger partial charge is 0.452 e. The lowest BCUT2D eigenvalue weighted by Gasteiger charge is -2.28. The van der Waals surface area contributed by atoms with Crippen molar-refractivity contribution in [1.29, 1.82) is 0 Å². The van der Waals surface area contributed by atoms with E-state index < -0.39 is 30.3 Å². The molecule has 34 heavy (non-hydrogen) atoms. The maximum Gasteiger partial charge on any atom is 0.338 e. The second kappa shape index (κ2) is 10.2. The Bertz CT molecular complexity index is 1090. The zero-order chi connectivity index (χ0) is 24.4. The summed E-state index contributed by atoms with van der Waals surface area (Å²) in [7, 11) is 0. The SMILES string of the molecule is CCc1ccccc1NC(=O)COC(=O)c1ccc(N2C(=O)[C@H]3C[C@@H](Cl)[C@@H](Cl)C[C@H]3C2=O)cc1. The minimum Gasteiger partial charge on any atom is -0.452 e. The van der Waals surface area contributed by atoms with Gasteiger partial charge >= 0.3 is 5.97 Å². The lowest BCUT2D eigenvalue weighted by Crippen LogP contribution is -2.34. The van der Waals surface area contributed by atoms with Gasteiger partial charge < -0.3 is 10.1 Å². The van der Waals surface area contributed by atoms with Crippen molar-refractivity contribution < 1.29 is 23.9 Å². The number of esters is 1. The van der Waals surface area contributed by atoms with Gasteiger partial charge in [0.05, 0.1) is 33.8 Å². The molecule has 1 aliphatic carbocycles. The van der Waals surface area contributed by atoms with Crippen LogP contribution in [0.1, 0.15) is 35.7 Å². The van der Waals surface area contributed by atoms with Crippen molar-refractivity contribution in [2.75, 3.05) is 16.8 Å². The molecule has 9 heteroatoms. The number of anilines is 2. The number of fused-ring (bicyclic) bond motifs is 1. The quantitative estimate of drug-likeness (QED) is 0.363. The number of rotatable bonds is 6. The van der Waals surface area contributed by atoms with Gasteiger partial charge in [-0.3, -0.25) is 19.3 Å². The van der Waals surface area contributed by atoms with E-state index in [2.05, 4.69) is 5.32 Å². The molecule has 1 heterocycles. The number of alkyl halides is 2. The molecule has 7 nitrogen and oxygen atoms in total. The van der Waals surface area contributed by atoms with Crippen LogP contribution in [0.3, 0.4) is 0 Å². The van der Waals surface area contributed by atoms with E-state index in [4.69, 9.17) is 27.9 Å². The average Bonchev–Trinajstić information content (AvgIpc) is 3.07. The summed E-state index contributed by atoms with van der Waals surface area (Å²) in [6, 6.07) is 13.3. The zero-order valence-corrected chi connectivity index (χ0v) is 20.0. The van der Waals surface area contributed by atoms with Gasteiger partial charge in [0, 0.05) is 5.69 Å². The van der Waals surface area contributed by atoms with E-state index in [1.165, 1.54) is 24.3 Å². The van der Waals surface area contributed by atoms with Crippen LogP contribution in [0.15, 0.2) is 48.5 Å². The van der Waals surface area contributed by atoms with E-state index in [1.807, 2.05) is 25.1 Å². The van der Waals surface area contributed by atoms with Crippen LogP contribution in [0.4, 0.5) is 11.4 Å². The zero-order valence-electron chi connectivity index (χ0n) is 18.5. The van der Waals surface area contributed by atoms with Crippen LogP contribution in [0.5, 0.6) is 0 Å². The van der Waals surface area contributed by atoms with Gasteiger partial charge in [0.15, 0.2) is 6.61 Å². The molecule has 1 aliphatic heterocycles. The third-order valence-electron chi connectivity index (χ3n) is 6.28. The maximum atomic E-state index is 12.9. The van der Waals surface area contributed by atoms with Crippen LogP contribution in [-0.2, 0) is 25.5 Å². The van der Waals surface area contributed by atoms with Gasteiger partial charge in [0.2, 0.25) is 11.8 Å². The molecule has 178 valence electrons. The van der Waals surface area contributed by atoms with Crippen molar-refractivity contribution >= 4 is 58.3 Å². The van der Waals surface area contributed by atoms with Crippen LogP contribution in [0.2, 0.25) is 0 Å².